The van der Waals surface area contributed by atoms with Crippen LogP contribution in [0.1, 0.15) is 24.8 Å². The van der Waals surface area contributed by atoms with Gasteiger partial charge in [-0.3, -0.25) is 15.5 Å². The number of aromatic nitrogens is 2. The number of nitrogens with zero attached hydrogens (tertiary/aromatic N) is 6. The second-order valence-electron chi connectivity index (χ2n) is 9.63. The predicted octanol–water partition coefficient (Wildman–Crippen LogP) is 8.31. The first-order valence-corrected chi connectivity index (χ1v) is 13.9. The smallest absolute Gasteiger partial charge is 0.269 e. The van der Waals surface area contributed by atoms with Gasteiger partial charge in [0, 0.05) is 52.6 Å². The summed E-state index contributed by atoms with van der Waals surface area (Å²) in [6, 6.07) is 19.8. The summed E-state index contributed by atoms with van der Waals surface area (Å²) in [5.41, 5.74) is 6.70. The maximum Gasteiger partial charge on any atom is 0.269 e. The number of allylic oxidation sites excluding steroid dienone is 3. The fourth-order valence-electron chi connectivity index (χ4n) is 4.34. The summed E-state index contributed by atoms with van der Waals surface area (Å²) in [4.78, 5) is 12.6. The van der Waals surface area contributed by atoms with E-state index in [4.69, 9.17) is 11.6 Å². The number of nitro groups is 1. The third kappa shape index (κ3) is 7.98. The lowest BCUT2D eigenvalue weighted by Gasteiger charge is -2.18. The Kier molecular flexibility index (Phi) is 9.48. The third-order valence-corrected chi connectivity index (χ3v) is 6.76. The van der Waals surface area contributed by atoms with E-state index in [2.05, 4.69) is 36.2 Å². The molecule has 3 aromatic carbocycles. The van der Waals surface area contributed by atoms with Crippen molar-refractivity contribution in [2.75, 3.05) is 23.8 Å². The van der Waals surface area contributed by atoms with Crippen LogP contribution in [0.15, 0.2) is 113 Å². The highest BCUT2D eigenvalue weighted by Crippen LogP contribution is 2.27. The molecule has 0 bridgehead atoms. The molecule has 0 aliphatic carbocycles. The van der Waals surface area contributed by atoms with Crippen molar-refractivity contribution in [3.8, 4) is 0 Å². The van der Waals surface area contributed by atoms with Gasteiger partial charge in [0.15, 0.2) is 5.82 Å². The van der Waals surface area contributed by atoms with Crippen LogP contribution < -0.4 is 10.7 Å². The molecule has 1 aromatic heterocycles. The highest BCUT2D eigenvalue weighted by molar-refractivity contribution is 6.30. The van der Waals surface area contributed by atoms with Crippen LogP contribution in [0.4, 0.5) is 22.9 Å². The molecule has 2 N–H and O–H groups in total. The van der Waals surface area contributed by atoms with E-state index < -0.39 is 4.92 Å². The fourth-order valence-corrected chi connectivity index (χ4v) is 4.53. The van der Waals surface area contributed by atoms with Crippen LogP contribution in [-0.2, 0) is 0 Å². The molecule has 0 spiro atoms. The number of hydrogen-bond acceptors (Lipinski definition) is 8. The van der Waals surface area contributed by atoms with E-state index >= 15 is 0 Å². The van der Waals surface area contributed by atoms with Crippen LogP contribution in [0.3, 0.4) is 0 Å². The summed E-state index contributed by atoms with van der Waals surface area (Å²) in [5, 5.41) is 33.3. The number of nitro benzene ring substituents is 1. The number of benzene rings is 3. The minimum absolute atomic E-state index is 0.0918. The van der Waals surface area contributed by atoms with Crippen molar-refractivity contribution in [2.24, 2.45) is 10.3 Å². The first-order valence-electron chi connectivity index (χ1n) is 13.5. The maximum atomic E-state index is 10.8. The highest BCUT2D eigenvalue weighted by atomic mass is 35.5. The van der Waals surface area contributed by atoms with E-state index in [1.807, 2.05) is 73.1 Å². The Morgan fingerprint density at radius 1 is 0.976 bits per heavy atom. The van der Waals surface area contributed by atoms with Gasteiger partial charge in [-0.15, -0.1) is 5.10 Å². The number of non-ortho nitro benzene ring substituents is 1. The zero-order valence-corrected chi connectivity index (χ0v) is 23.5. The zero-order valence-electron chi connectivity index (χ0n) is 22.7. The van der Waals surface area contributed by atoms with Gasteiger partial charge in [0.05, 0.1) is 23.4 Å². The van der Waals surface area contributed by atoms with E-state index in [9.17, 15) is 10.1 Å². The van der Waals surface area contributed by atoms with Crippen molar-refractivity contribution >= 4 is 51.3 Å². The topological polar surface area (TPSA) is 121 Å². The SMILES string of the molecule is O=[N+]([O-])c1ccc(C=C2C=CN(CCCCCN=NNc3ccc4cnnc(Nc5cccc(Cl)c5)c4c3)C=C2)cc1. The Hall–Kier alpha value is -5.09. The van der Waals surface area contributed by atoms with Crippen LogP contribution in [0, 0.1) is 10.1 Å². The molecule has 42 heavy (non-hydrogen) atoms. The lowest BCUT2D eigenvalue weighted by Crippen LogP contribution is -2.13. The second kappa shape index (κ2) is 14.0. The van der Waals surface area contributed by atoms with E-state index in [0.717, 1.165) is 59.1 Å². The molecule has 0 radical (unpaired) electrons. The van der Waals surface area contributed by atoms with Gasteiger partial charge in [0.25, 0.3) is 5.69 Å². The molecule has 212 valence electrons. The minimum atomic E-state index is -0.393. The molecule has 0 fully saturated rings. The Labute approximate surface area is 248 Å². The molecule has 4 aromatic rings. The number of halogens is 1. The summed E-state index contributed by atoms with van der Waals surface area (Å²) < 4.78 is 0. The van der Waals surface area contributed by atoms with Crippen LogP contribution in [0.25, 0.3) is 16.8 Å². The van der Waals surface area contributed by atoms with Crippen molar-refractivity contribution in [3.05, 3.63) is 124 Å². The van der Waals surface area contributed by atoms with Crippen LogP contribution in [-0.4, -0.2) is 33.1 Å². The number of hydrogen-bond donors (Lipinski definition) is 2. The number of rotatable bonds is 12. The molecule has 0 saturated heterocycles. The first-order chi connectivity index (χ1) is 20.5. The van der Waals surface area contributed by atoms with Gasteiger partial charge < -0.3 is 10.2 Å². The predicted molar refractivity (Wildman–Crippen MR) is 168 cm³/mol. The van der Waals surface area contributed by atoms with Crippen molar-refractivity contribution in [1.82, 2.24) is 15.1 Å². The summed E-state index contributed by atoms with van der Waals surface area (Å²) in [6.07, 6.45) is 14.9. The van der Waals surface area contributed by atoms with Crippen LogP contribution >= 0.6 is 11.6 Å². The Balaban J connectivity index is 1.03. The molecule has 10 nitrogen and oxygen atoms in total. The van der Waals surface area contributed by atoms with Gasteiger partial charge in [-0.2, -0.15) is 10.2 Å². The van der Waals surface area contributed by atoms with Crippen molar-refractivity contribution in [2.45, 2.75) is 19.3 Å². The van der Waals surface area contributed by atoms with Crippen LogP contribution in [0.5, 0.6) is 0 Å². The third-order valence-electron chi connectivity index (χ3n) is 6.53. The van der Waals surface area contributed by atoms with Gasteiger partial charge in [-0.1, -0.05) is 29.0 Å². The number of fused-ring (bicyclic) bond motifs is 1. The molecule has 2 heterocycles. The van der Waals surface area contributed by atoms with Gasteiger partial charge in [0.1, 0.15) is 0 Å². The largest absolute Gasteiger partial charge is 0.354 e. The molecule has 1 aliphatic heterocycles. The van der Waals surface area contributed by atoms with Crippen molar-refractivity contribution < 1.29 is 4.92 Å². The fraction of sp³-hybridized carbons (Fsp3) is 0.161. The lowest BCUT2D eigenvalue weighted by molar-refractivity contribution is -0.384. The summed E-state index contributed by atoms with van der Waals surface area (Å²) >= 11 is 6.11. The van der Waals surface area contributed by atoms with E-state index in [-0.39, 0.29) is 5.69 Å². The van der Waals surface area contributed by atoms with Gasteiger partial charge in [0.2, 0.25) is 0 Å². The van der Waals surface area contributed by atoms with E-state index in [0.29, 0.717) is 17.4 Å². The van der Waals surface area contributed by atoms with E-state index in [1.165, 1.54) is 12.1 Å². The Morgan fingerprint density at radius 2 is 1.81 bits per heavy atom. The average Bonchev–Trinajstić information content (AvgIpc) is 3.00. The number of nitrogens with one attached hydrogen (secondary N) is 2. The summed E-state index contributed by atoms with van der Waals surface area (Å²) in [7, 11) is 0. The van der Waals surface area contributed by atoms with Crippen molar-refractivity contribution in [1.29, 1.82) is 0 Å². The zero-order chi connectivity index (χ0) is 29.1. The monoisotopic (exact) mass is 580 g/mol. The second-order valence-corrected chi connectivity index (χ2v) is 10.1. The van der Waals surface area contributed by atoms with E-state index in [1.54, 1.807) is 18.3 Å². The lowest BCUT2D eigenvalue weighted by atomic mass is 10.1. The Bertz CT molecular complexity index is 1650. The summed E-state index contributed by atoms with van der Waals surface area (Å²) in [5.74, 6) is 0.630. The number of anilines is 3. The Morgan fingerprint density at radius 3 is 2.60 bits per heavy atom. The first kappa shape index (κ1) is 28.4. The molecule has 1 aliphatic rings. The maximum absolute atomic E-state index is 10.8. The quantitative estimate of drug-likeness (QED) is 0.0747. The van der Waals surface area contributed by atoms with Gasteiger partial charge in [-0.05, 0) is 91.1 Å². The summed E-state index contributed by atoms with van der Waals surface area (Å²) in [6.45, 7) is 1.56. The average molecular weight is 581 g/mol. The highest BCUT2D eigenvalue weighted by Gasteiger charge is 2.07. The molecule has 5 rings (SSSR count). The van der Waals surface area contributed by atoms with Gasteiger partial charge >= 0.3 is 0 Å². The molecular formula is C31H29ClN8O2. The molecule has 0 unspecified atom stereocenters. The molecule has 11 heteroatoms. The molecule has 0 amide bonds. The van der Waals surface area contributed by atoms with Crippen LogP contribution in [0.2, 0.25) is 5.02 Å². The molecule has 0 atom stereocenters. The molecule has 0 saturated carbocycles. The molecular weight excluding hydrogens is 552 g/mol. The normalized spacial score (nSPS) is 12.7. The van der Waals surface area contributed by atoms with Crippen molar-refractivity contribution in [3.63, 3.8) is 0 Å². The standard InChI is InChI=1S/C31H29ClN8O2/c32-26-5-4-6-27(20-26)35-31-30-21-28(10-9-25(30)22-34-37-31)36-38-33-15-2-1-3-16-39-17-13-24(14-18-39)19-23-7-11-29(12-8-23)40(41)42/h4-14,17-22H,1-3,15-16H2,(H,33,36)(H,35,37). The minimum Gasteiger partial charge on any atom is -0.354 e. The number of unbranched alkanes of at least 4 members (excludes halogenated alkanes) is 2. The van der Waals surface area contributed by atoms with Gasteiger partial charge in [-0.25, -0.2) is 0 Å².